The van der Waals surface area contributed by atoms with Gasteiger partial charge in [0, 0.05) is 35.7 Å². The summed E-state index contributed by atoms with van der Waals surface area (Å²) in [6, 6.07) is 6.03. The van der Waals surface area contributed by atoms with Gasteiger partial charge >= 0.3 is 6.61 Å². The molecule has 5 N–H and O–H groups in total. The Bertz CT molecular complexity index is 1320. The summed E-state index contributed by atoms with van der Waals surface area (Å²) in [5.41, 5.74) is 7.59. The predicted octanol–water partition coefficient (Wildman–Crippen LogP) is 3.07. The summed E-state index contributed by atoms with van der Waals surface area (Å²) in [5.74, 6) is 0.000938. The number of halogens is 3. The van der Waals surface area contributed by atoms with Crippen molar-refractivity contribution in [3.05, 3.63) is 53.4 Å². The number of rotatable bonds is 7. The second-order valence-electron chi connectivity index (χ2n) is 7.77. The van der Waals surface area contributed by atoms with E-state index < -0.39 is 12.8 Å². The lowest BCUT2D eigenvalue weighted by Crippen LogP contribution is -2.14. The monoisotopic (exact) mass is 490 g/mol. The van der Waals surface area contributed by atoms with Gasteiger partial charge < -0.3 is 26.2 Å². The molecule has 1 aromatic carbocycles. The number of benzene rings is 1. The summed E-state index contributed by atoms with van der Waals surface area (Å²) in [6.45, 7) is -1.51. The number of nitrogen functional groups attached to an aromatic ring is 1. The van der Waals surface area contributed by atoms with Gasteiger partial charge in [0.2, 0.25) is 0 Å². The van der Waals surface area contributed by atoms with Gasteiger partial charge in [0.25, 0.3) is 0 Å². The SMILES string of the molecule is Nc1nn2cccnc2c1C(O)Nc1cn([C@@H]2CCNC2)nc1-c1cc(Cl)ccc1OC(F)F. The van der Waals surface area contributed by atoms with Crippen LogP contribution in [0.3, 0.4) is 0 Å². The molecule has 0 bridgehead atoms. The van der Waals surface area contributed by atoms with E-state index in [0.29, 0.717) is 22.9 Å². The van der Waals surface area contributed by atoms with E-state index >= 15 is 0 Å². The number of alkyl halides is 2. The molecule has 0 spiro atoms. The molecule has 1 unspecified atom stereocenters. The van der Waals surface area contributed by atoms with Gasteiger partial charge in [-0.1, -0.05) is 11.6 Å². The summed E-state index contributed by atoms with van der Waals surface area (Å²) >= 11 is 6.17. The number of nitrogens with two attached hydrogens (primary N) is 1. The zero-order chi connectivity index (χ0) is 23.8. The Morgan fingerprint density at radius 3 is 2.94 bits per heavy atom. The van der Waals surface area contributed by atoms with E-state index in [9.17, 15) is 13.9 Å². The van der Waals surface area contributed by atoms with Gasteiger partial charge in [-0.05, 0) is 37.2 Å². The average Bonchev–Trinajstić information content (AvgIpc) is 3.52. The number of fused-ring (bicyclic) bond motifs is 1. The van der Waals surface area contributed by atoms with Crippen LogP contribution in [-0.2, 0) is 0 Å². The standard InChI is InChI=1S/C21H21ClF2N8O2/c22-11-2-3-15(34-21(23)24)13(8-11)17-14(10-32(29-17)12-4-6-26-9-12)28-20(33)16-18(25)30-31-7-1-5-27-19(16)31/h1-3,5,7-8,10,12,20-21,26,28,33H,4,6,9H2,(H2,25,30)/t12-,20?/m1/s1. The van der Waals surface area contributed by atoms with E-state index in [1.807, 2.05) is 0 Å². The molecule has 1 aliphatic heterocycles. The van der Waals surface area contributed by atoms with Crippen molar-refractivity contribution in [3.63, 3.8) is 0 Å². The highest BCUT2D eigenvalue weighted by atomic mass is 35.5. The lowest BCUT2D eigenvalue weighted by molar-refractivity contribution is -0.0494. The topological polar surface area (TPSA) is 128 Å². The molecule has 0 radical (unpaired) electrons. The minimum Gasteiger partial charge on any atom is -0.434 e. The highest BCUT2D eigenvalue weighted by Crippen LogP contribution is 2.39. The molecule has 3 aromatic heterocycles. The Morgan fingerprint density at radius 2 is 2.18 bits per heavy atom. The predicted molar refractivity (Wildman–Crippen MR) is 122 cm³/mol. The first kappa shape index (κ1) is 22.3. The molecular formula is C21H21ClF2N8O2. The summed E-state index contributed by atoms with van der Waals surface area (Å²) in [7, 11) is 0. The van der Waals surface area contributed by atoms with Crippen LogP contribution in [0.15, 0.2) is 42.9 Å². The summed E-state index contributed by atoms with van der Waals surface area (Å²) < 4.78 is 34.1. The zero-order valence-corrected chi connectivity index (χ0v) is 18.5. The Hall–Kier alpha value is -3.48. The number of aromatic nitrogens is 5. The average molecular weight is 491 g/mol. The van der Waals surface area contributed by atoms with E-state index in [1.165, 1.54) is 22.7 Å². The molecule has 5 rings (SSSR count). The fourth-order valence-corrected chi connectivity index (χ4v) is 4.21. The van der Waals surface area contributed by atoms with Gasteiger partial charge in [-0.3, -0.25) is 4.68 Å². The molecule has 1 aliphatic rings. The van der Waals surface area contributed by atoms with Crippen LogP contribution in [-0.4, -0.2) is 49.2 Å². The van der Waals surface area contributed by atoms with E-state index in [-0.39, 0.29) is 34.4 Å². The first-order valence-electron chi connectivity index (χ1n) is 10.5. The molecule has 178 valence electrons. The fraction of sp³-hybridized carbons (Fsp3) is 0.286. The van der Waals surface area contributed by atoms with Gasteiger partial charge in [-0.25, -0.2) is 9.50 Å². The molecular weight excluding hydrogens is 470 g/mol. The highest BCUT2D eigenvalue weighted by molar-refractivity contribution is 6.31. The van der Waals surface area contributed by atoms with Crippen molar-refractivity contribution in [1.82, 2.24) is 29.7 Å². The highest BCUT2D eigenvalue weighted by Gasteiger charge is 2.26. The first-order valence-corrected chi connectivity index (χ1v) is 10.9. The normalized spacial score (nSPS) is 16.9. The van der Waals surface area contributed by atoms with Gasteiger partial charge in [-0.15, -0.1) is 5.10 Å². The number of nitrogens with zero attached hydrogens (tertiary/aromatic N) is 5. The molecule has 0 saturated carbocycles. The number of hydrogen-bond donors (Lipinski definition) is 4. The third kappa shape index (κ3) is 4.22. The molecule has 10 nitrogen and oxygen atoms in total. The maximum atomic E-state index is 13.1. The van der Waals surface area contributed by atoms with Crippen LogP contribution in [0.2, 0.25) is 5.02 Å². The largest absolute Gasteiger partial charge is 0.434 e. The third-order valence-electron chi connectivity index (χ3n) is 5.58. The molecule has 4 aromatic rings. The number of ether oxygens (including phenoxy) is 1. The Morgan fingerprint density at radius 1 is 1.32 bits per heavy atom. The minimum atomic E-state index is -3.03. The molecule has 0 aliphatic carbocycles. The zero-order valence-electron chi connectivity index (χ0n) is 17.7. The van der Waals surface area contributed by atoms with Crippen LogP contribution in [0.1, 0.15) is 24.3 Å². The molecule has 34 heavy (non-hydrogen) atoms. The lowest BCUT2D eigenvalue weighted by atomic mass is 10.1. The van der Waals surface area contributed by atoms with Crippen molar-refractivity contribution in [2.45, 2.75) is 25.3 Å². The summed E-state index contributed by atoms with van der Waals surface area (Å²) in [6.07, 6.45) is 4.45. The van der Waals surface area contributed by atoms with Crippen molar-refractivity contribution in [3.8, 4) is 17.0 Å². The van der Waals surface area contributed by atoms with Crippen molar-refractivity contribution in [1.29, 1.82) is 0 Å². The van der Waals surface area contributed by atoms with E-state index in [2.05, 4.69) is 25.8 Å². The third-order valence-corrected chi connectivity index (χ3v) is 5.81. The molecule has 2 atom stereocenters. The number of aliphatic hydroxyl groups excluding tert-OH is 1. The molecule has 4 heterocycles. The lowest BCUT2D eigenvalue weighted by Gasteiger charge is -2.15. The van der Waals surface area contributed by atoms with Gasteiger partial charge in [-0.2, -0.15) is 13.9 Å². The quantitative estimate of drug-likeness (QED) is 0.291. The molecule has 1 fully saturated rings. The van der Waals surface area contributed by atoms with E-state index in [0.717, 1.165) is 13.0 Å². The Balaban J connectivity index is 1.58. The summed E-state index contributed by atoms with van der Waals surface area (Å²) in [4.78, 5) is 4.24. The smallest absolute Gasteiger partial charge is 0.387 e. The molecule has 0 amide bonds. The Kier molecular flexibility index (Phi) is 5.94. The van der Waals surface area contributed by atoms with Gasteiger partial charge in [0.15, 0.2) is 17.7 Å². The first-order chi connectivity index (χ1) is 16.4. The van der Waals surface area contributed by atoms with Crippen molar-refractivity contribution in [2.75, 3.05) is 24.1 Å². The second kappa shape index (κ2) is 9.05. The van der Waals surface area contributed by atoms with Crippen LogP contribution in [0.25, 0.3) is 16.9 Å². The Labute approximate surface area is 197 Å². The van der Waals surface area contributed by atoms with Crippen molar-refractivity contribution in [2.24, 2.45) is 0 Å². The van der Waals surface area contributed by atoms with Crippen LogP contribution in [0.5, 0.6) is 5.75 Å². The van der Waals surface area contributed by atoms with E-state index in [4.69, 9.17) is 22.1 Å². The van der Waals surface area contributed by atoms with Crippen LogP contribution < -0.4 is 21.1 Å². The van der Waals surface area contributed by atoms with Crippen LogP contribution in [0, 0.1) is 0 Å². The number of hydrogen-bond acceptors (Lipinski definition) is 8. The van der Waals surface area contributed by atoms with Crippen LogP contribution in [0.4, 0.5) is 20.3 Å². The molecule has 13 heteroatoms. The number of anilines is 2. The van der Waals surface area contributed by atoms with E-state index in [1.54, 1.807) is 29.3 Å². The van der Waals surface area contributed by atoms with Gasteiger partial charge in [0.05, 0.1) is 17.3 Å². The molecule has 1 saturated heterocycles. The summed E-state index contributed by atoms with van der Waals surface area (Å²) in [5, 5.41) is 26.4. The fourth-order valence-electron chi connectivity index (χ4n) is 4.04. The minimum absolute atomic E-state index is 0.0498. The van der Waals surface area contributed by atoms with Gasteiger partial charge in [0.1, 0.15) is 11.4 Å². The number of aliphatic hydroxyl groups is 1. The van der Waals surface area contributed by atoms with Crippen molar-refractivity contribution >= 4 is 28.8 Å². The second-order valence-corrected chi connectivity index (χ2v) is 8.21. The maximum Gasteiger partial charge on any atom is 0.387 e. The van der Waals surface area contributed by atoms with Crippen molar-refractivity contribution < 1.29 is 18.6 Å². The van der Waals surface area contributed by atoms with Crippen LogP contribution >= 0.6 is 11.6 Å². The maximum absolute atomic E-state index is 13.1. The number of nitrogens with one attached hydrogen (secondary N) is 2.